The second kappa shape index (κ2) is 10.8. The molecule has 0 aliphatic rings. The second-order valence-corrected chi connectivity index (χ2v) is 7.69. The summed E-state index contributed by atoms with van der Waals surface area (Å²) in [6, 6.07) is 17.9. The zero-order valence-corrected chi connectivity index (χ0v) is 19.1. The van der Waals surface area contributed by atoms with E-state index >= 15 is 0 Å². The monoisotopic (exact) mass is 501 g/mol. The van der Waals surface area contributed by atoms with Crippen LogP contribution in [0, 0.1) is 0 Å². The molecule has 0 aromatic heterocycles. The lowest BCUT2D eigenvalue weighted by Gasteiger charge is -2.15. The number of nitrogens with one attached hydrogen (secondary N) is 1. The summed E-state index contributed by atoms with van der Waals surface area (Å²) in [5, 5.41) is 4.66. The highest BCUT2D eigenvalue weighted by Gasteiger charge is 2.13. The number of carbonyl (C=O) groups excluding carboxylic acids is 1. The first-order valence-corrected chi connectivity index (χ1v) is 10.7. The third-order valence-electron chi connectivity index (χ3n) is 4.25. The van der Waals surface area contributed by atoms with E-state index in [4.69, 9.17) is 26.8 Å². The van der Waals surface area contributed by atoms with Gasteiger partial charge in [0.25, 0.3) is 5.91 Å². The van der Waals surface area contributed by atoms with Gasteiger partial charge in [-0.1, -0.05) is 41.9 Å². The fourth-order valence-corrected chi connectivity index (χ4v) is 3.52. The molecule has 0 bridgehead atoms. The van der Waals surface area contributed by atoms with E-state index in [2.05, 4.69) is 26.5 Å². The average Bonchev–Trinajstić information content (AvgIpc) is 2.75. The highest BCUT2D eigenvalue weighted by molar-refractivity contribution is 9.10. The van der Waals surface area contributed by atoms with Crippen molar-refractivity contribution in [2.24, 2.45) is 5.10 Å². The van der Waals surface area contributed by atoms with Crippen LogP contribution in [0.3, 0.4) is 0 Å². The number of halogens is 2. The van der Waals surface area contributed by atoms with Gasteiger partial charge in [-0.15, -0.1) is 0 Å². The number of rotatable bonds is 8. The average molecular weight is 503 g/mol. The third kappa shape index (κ3) is 5.99. The molecule has 31 heavy (non-hydrogen) atoms. The minimum absolute atomic E-state index is 0.292. The van der Waals surface area contributed by atoms with Crippen molar-refractivity contribution in [1.29, 1.82) is 0 Å². The molecule has 0 heterocycles. The van der Waals surface area contributed by atoms with E-state index < -0.39 is 5.91 Å². The molecule has 3 aromatic carbocycles. The molecule has 1 amide bonds. The number of hydrazone groups is 1. The van der Waals surface area contributed by atoms with Crippen LogP contribution in [0.25, 0.3) is 0 Å². The minimum Gasteiger partial charge on any atom is -0.490 e. The number of amides is 1. The quantitative estimate of drug-likeness (QED) is 0.244. The number of carbonyl (C=O) groups is 1. The molecule has 6 nitrogen and oxygen atoms in total. The molecule has 0 atom stereocenters. The van der Waals surface area contributed by atoms with E-state index in [-0.39, 0.29) is 0 Å². The van der Waals surface area contributed by atoms with Gasteiger partial charge >= 0.3 is 0 Å². The SMILES string of the molecule is CCOc1cc(/C=N/NC(=O)c2ccccc2N)cc(Br)c1OCc1ccccc1Cl. The lowest BCUT2D eigenvalue weighted by atomic mass is 10.2. The summed E-state index contributed by atoms with van der Waals surface area (Å²) in [4.78, 5) is 12.2. The van der Waals surface area contributed by atoms with Crippen LogP contribution in [0.2, 0.25) is 5.02 Å². The summed E-state index contributed by atoms with van der Waals surface area (Å²) in [6.07, 6.45) is 1.52. The highest BCUT2D eigenvalue weighted by Crippen LogP contribution is 2.37. The molecule has 160 valence electrons. The molecular weight excluding hydrogens is 482 g/mol. The van der Waals surface area contributed by atoms with E-state index in [9.17, 15) is 4.79 Å². The molecule has 0 spiro atoms. The Morgan fingerprint density at radius 2 is 1.90 bits per heavy atom. The van der Waals surface area contributed by atoms with Crippen molar-refractivity contribution in [3.05, 3.63) is 86.8 Å². The third-order valence-corrected chi connectivity index (χ3v) is 5.20. The van der Waals surface area contributed by atoms with Gasteiger partial charge in [-0.05, 0) is 58.7 Å². The molecule has 0 fully saturated rings. The van der Waals surface area contributed by atoms with Crippen molar-refractivity contribution in [2.45, 2.75) is 13.5 Å². The van der Waals surface area contributed by atoms with Gasteiger partial charge in [-0.25, -0.2) is 5.43 Å². The van der Waals surface area contributed by atoms with Gasteiger partial charge in [0.1, 0.15) is 6.61 Å². The van der Waals surface area contributed by atoms with Gasteiger partial charge in [-0.3, -0.25) is 4.79 Å². The van der Waals surface area contributed by atoms with E-state index in [1.807, 2.05) is 37.3 Å². The van der Waals surface area contributed by atoms with E-state index in [0.717, 1.165) is 5.56 Å². The summed E-state index contributed by atoms with van der Waals surface area (Å²) >= 11 is 9.73. The van der Waals surface area contributed by atoms with E-state index in [1.165, 1.54) is 6.21 Å². The Kier molecular flexibility index (Phi) is 7.92. The van der Waals surface area contributed by atoms with Crippen molar-refractivity contribution < 1.29 is 14.3 Å². The van der Waals surface area contributed by atoms with Crippen LogP contribution in [0.5, 0.6) is 11.5 Å². The Hall–Kier alpha value is -3.03. The Bertz CT molecular complexity index is 1110. The largest absolute Gasteiger partial charge is 0.490 e. The maximum absolute atomic E-state index is 12.2. The number of nitrogens with two attached hydrogens (primary N) is 1. The van der Waals surface area contributed by atoms with E-state index in [0.29, 0.717) is 51.0 Å². The summed E-state index contributed by atoms with van der Waals surface area (Å²) in [5.74, 6) is 0.710. The molecule has 0 aliphatic carbocycles. The highest BCUT2D eigenvalue weighted by atomic mass is 79.9. The molecule has 0 radical (unpaired) electrons. The van der Waals surface area contributed by atoms with Crippen LogP contribution in [0.1, 0.15) is 28.4 Å². The van der Waals surface area contributed by atoms with Gasteiger partial charge in [0.05, 0.1) is 22.9 Å². The van der Waals surface area contributed by atoms with Gasteiger partial charge < -0.3 is 15.2 Å². The summed E-state index contributed by atoms with van der Waals surface area (Å²) in [5.41, 5.74) is 10.6. The van der Waals surface area contributed by atoms with Gasteiger partial charge in [-0.2, -0.15) is 5.10 Å². The van der Waals surface area contributed by atoms with Gasteiger partial charge in [0.15, 0.2) is 11.5 Å². The number of nitrogens with zero attached hydrogens (tertiary/aromatic N) is 1. The molecular formula is C23H21BrClN3O3. The first-order chi connectivity index (χ1) is 15.0. The number of ether oxygens (including phenoxy) is 2. The molecule has 0 saturated heterocycles. The maximum atomic E-state index is 12.2. The van der Waals surface area contributed by atoms with Crippen LogP contribution in [-0.4, -0.2) is 18.7 Å². The van der Waals surface area contributed by atoms with Crippen molar-refractivity contribution in [3.8, 4) is 11.5 Å². The predicted octanol–water partition coefficient (Wildman–Crippen LogP) is 5.43. The summed E-state index contributed by atoms with van der Waals surface area (Å²) in [7, 11) is 0. The second-order valence-electron chi connectivity index (χ2n) is 6.43. The van der Waals surface area contributed by atoms with Gasteiger partial charge in [0.2, 0.25) is 0 Å². The number of para-hydroxylation sites is 1. The first kappa shape index (κ1) is 22.7. The lowest BCUT2D eigenvalue weighted by Crippen LogP contribution is -2.19. The number of benzene rings is 3. The molecule has 3 N–H and O–H groups in total. The standard InChI is InChI=1S/C23H21BrClN3O3/c1-2-30-21-12-15(13-27-28-23(29)17-8-4-6-10-20(17)26)11-18(24)22(21)31-14-16-7-3-5-9-19(16)25/h3-13H,2,14,26H2,1H3,(H,28,29)/b27-13+. The molecule has 3 rings (SSSR count). The van der Waals surface area contributed by atoms with Crippen molar-refractivity contribution in [2.75, 3.05) is 12.3 Å². The maximum Gasteiger partial charge on any atom is 0.273 e. The van der Waals surface area contributed by atoms with Crippen molar-refractivity contribution >= 4 is 45.3 Å². The van der Waals surface area contributed by atoms with Crippen molar-refractivity contribution in [3.63, 3.8) is 0 Å². The Morgan fingerprint density at radius 1 is 1.16 bits per heavy atom. The zero-order valence-electron chi connectivity index (χ0n) is 16.8. The van der Waals surface area contributed by atoms with Crippen LogP contribution in [0.15, 0.2) is 70.2 Å². The number of nitrogen functional groups attached to an aromatic ring is 1. The number of anilines is 1. The van der Waals surface area contributed by atoms with Crippen LogP contribution >= 0.6 is 27.5 Å². The fraction of sp³-hybridized carbons (Fsp3) is 0.130. The lowest BCUT2D eigenvalue weighted by molar-refractivity contribution is 0.0956. The smallest absolute Gasteiger partial charge is 0.273 e. The fourth-order valence-electron chi connectivity index (χ4n) is 2.76. The number of hydrogen-bond donors (Lipinski definition) is 2. The first-order valence-electron chi connectivity index (χ1n) is 9.50. The zero-order chi connectivity index (χ0) is 22.2. The summed E-state index contributed by atoms with van der Waals surface area (Å²) < 4.78 is 12.4. The Morgan fingerprint density at radius 3 is 2.65 bits per heavy atom. The van der Waals surface area contributed by atoms with Gasteiger partial charge in [0, 0.05) is 16.3 Å². The predicted molar refractivity (Wildman–Crippen MR) is 127 cm³/mol. The topological polar surface area (TPSA) is 85.9 Å². The molecule has 8 heteroatoms. The Balaban J connectivity index is 1.74. The minimum atomic E-state index is -0.391. The van der Waals surface area contributed by atoms with Crippen molar-refractivity contribution in [1.82, 2.24) is 5.43 Å². The van der Waals surface area contributed by atoms with Crippen LogP contribution < -0.4 is 20.6 Å². The molecule has 0 aliphatic heterocycles. The molecule has 0 saturated carbocycles. The van der Waals surface area contributed by atoms with Crippen LogP contribution in [-0.2, 0) is 6.61 Å². The summed E-state index contributed by atoms with van der Waals surface area (Å²) in [6.45, 7) is 2.64. The Labute approximate surface area is 194 Å². The van der Waals surface area contributed by atoms with E-state index in [1.54, 1.807) is 30.3 Å². The normalized spacial score (nSPS) is 10.8. The molecule has 3 aromatic rings. The van der Waals surface area contributed by atoms with Crippen LogP contribution in [0.4, 0.5) is 5.69 Å². The molecule has 0 unspecified atom stereocenters. The number of hydrogen-bond acceptors (Lipinski definition) is 5.